The van der Waals surface area contributed by atoms with Crippen LogP contribution < -0.4 is 19.0 Å². The summed E-state index contributed by atoms with van der Waals surface area (Å²) in [6, 6.07) is 10.4. The number of likely N-dealkylation sites (tertiary alicyclic amines) is 2. The average molecular weight is 863 g/mol. The Morgan fingerprint density at radius 1 is 0.689 bits per heavy atom. The Bertz CT molecular complexity index is 2190. The normalized spacial score (nSPS) is 18.0. The number of hydrogen-bond donors (Lipinski definition) is 4. The summed E-state index contributed by atoms with van der Waals surface area (Å²) in [5.41, 5.74) is 1.13. The molecule has 2 fully saturated rings. The molecule has 2 saturated heterocycles. The molecule has 4 amide bonds. The first-order valence-electron chi connectivity index (χ1n) is 20.0. The van der Waals surface area contributed by atoms with E-state index in [0.717, 1.165) is 12.8 Å². The van der Waals surface area contributed by atoms with Gasteiger partial charge in [-0.3, -0.25) is 9.59 Å². The molecule has 4 atom stereocenters. The fourth-order valence-electron chi connectivity index (χ4n) is 7.60. The lowest BCUT2D eigenvalue weighted by Gasteiger charge is -2.35. The first kappa shape index (κ1) is 44.4. The molecule has 19 heteroatoms. The van der Waals surface area contributed by atoms with Crippen molar-refractivity contribution < 1.29 is 45.4 Å². The molecule has 0 spiro atoms. The molecule has 2 aromatic carbocycles. The molecule has 0 saturated carbocycles. The number of nitrogens with zero attached hydrogens (tertiary/aromatic N) is 4. The standard InChI is InChI=1S/C42H54N8O10S/c1-41(2,3)33(47-39(53)57-7)37(51)49-19-11-17-31(49)35-43-23-29(45-35)25-13-9-15-27(21-25)59-61(55,56)60-28-16-10-14-26(22-28)30-24-44-36(46-30)32-18-12-20-50(32)38(52)34(42(4,5)6)48-40(54)58-8/h9-10,13-16,21-24,31-34H,11-12,17-20H2,1-8H3,(H,43,45)(H,44,46)(H,47,53)(H,48,54)/t31-,32-,33+,34+/m0/s1. The molecule has 328 valence electrons. The van der Waals surface area contributed by atoms with Crippen molar-refractivity contribution in [1.29, 1.82) is 0 Å². The third-order valence-electron chi connectivity index (χ3n) is 10.7. The molecule has 0 bridgehead atoms. The van der Waals surface area contributed by atoms with Gasteiger partial charge in [0.15, 0.2) is 0 Å². The Balaban J connectivity index is 1.12. The zero-order chi connectivity index (χ0) is 44.3. The number of rotatable bonds is 12. The van der Waals surface area contributed by atoms with Crippen molar-refractivity contribution in [1.82, 2.24) is 40.4 Å². The predicted octanol–water partition coefficient (Wildman–Crippen LogP) is 6.04. The molecular formula is C42H54N8O10S. The lowest BCUT2D eigenvalue weighted by Crippen LogP contribution is -2.54. The minimum absolute atomic E-state index is 0.00580. The lowest BCUT2D eigenvalue weighted by molar-refractivity contribution is -0.137. The van der Waals surface area contributed by atoms with Gasteiger partial charge in [0.05, 0.1) is 50.1 Å². The van der Waals surface area contributed by atoms with Gasteiger partial charge >= 0.3 is 22.6 Å². The van der Waals surface area contributed by atoms with E-state index in [-0.39, 0.29) is 35.4 Å². The van der Waals surface area contributed by atoms with Gasteiger partial charge in [-0.15, -0.1) is 8.42 Å². The maximum atomic E-state index is 13.8. The Kier molecular flexibility index (Phi) is 13.0. The number of carbonyl (C=O) groups excluding carboxylic acids is 4. The van der Waals surface area contributed by atoms with Gasteiger partial charge in [-0.25, -0.2) is 19.6 Å². The van der Waals surface area contributed by atoms with Crippen molar-refractivity contribution in [2.75, 3.05) is 27.3 Å². The van der Waals surface area contributed by atoms with Crippen LogP contribution in [0.2, 0.25) is 0 Å². The highest BCUT2D eigenvalue weighted by Gasteiger charge is 2.42. The van der Waals surface area contributed by atoms with Gasteiger partial charge in [-0.1, -0.05) is 65.8 Å². The molecule has 2 aromatic heterocycles. The fraction of sp³-hybridized carbons (Fsp3) is 0.476. The Morgan fingerprint density at radius 2 is 1.08 bits per heavy atom. The van der Waals surface area contributed by atoms with E-state index in [0.29, 0.717) is 60.1 Å². The predicted molar refractivity (Wildman–Crippen MR) is 223 cm³/mol. The molecule has 4 aromatic rings. The smallest absolute Gasteiger partial charge is 0.453 e. The average Bonchev–Trinajstić information content (AvgIpc) is 4.04. The zero-order valence-corrected chi connectivity index (χ0v) is 36.4. The van der Waals surface area contributed by atoms with Crippen LogP contribution in [0.4, 0.5) is 9.59 Å². The maximum Gasteiger partial charge on any atom is 0.500 e. The molecule has 0 aliphatic carbocycles. The van der Waals surface area contributed by atoms with Crippen molar-refractivity contribution >= 4 is 34.4 Å². The van der Waals surface area contributed by atoms with Crippen molar-refractivity contribution in [3.8, 4) is 34.0 Å². The monoisotopic (exact) mass is 862 g/mol. The molecule has 18 nitrogen and oxygen atoms in total. The van der Waals surface area contributed by atoms with Crippen LogP contribution in [0.5, 0.6) is 11.5 Å². The van der Waals surface area contributed by atoms with E-state index in [2.05, 4.69) is 30.6 Å². The summed E-state index contributed by atoms with van der Waals surface area (Å²) in [5, 5.41) is 5.36. The number of alkyl carbamates (subject to hydrolysis) is 2. The summed E-state index contributed by atoms with van der Waals surface area (Å²) in [6.45, 7) is 12.2. The van der Waals surface area contributed by atoms with E-state index in [1.165, 1.54) is 38.5 Å². The van der Waals surface area contributed by atoms with E-state index >= 15 is 0 Å². The van der Waals surface area contributed by atoms with Crippen LogP contribution in [0.3, 0.4) is 0 Å². The van der Waals surface area contributed by atoms with E-state index in [4.69, 9.17) is 17.8 Å². The van der Waals surface area contributed by atoms with Crippen LogP contribution in [0.15, 0.2) is 60.9 Å². The number of imidazole rings is 2. The van der Waals surface area contributed by atoms with E-state index in [9.17, 15) is 27.6 Å². The number of amides is 4. The number of benzene rings is 2. The highest BCUT2D eigenvalue weighted by molar-refractivity contribution is 7.82. The quantitative estimate of drug-likeness (QED) is 0.128. The third-order valence-corrected chi connectivity index (χ3v) is 11.5. The maximum absolute atomic E-state index is 13.8. The van der Waals surface area contributed by atoms with Gasteiger partial charge in [-0.05, 0) is 60.8 Å². The Hall–Kier alpha value is -6.11. The second-order valence-electron chi connectivity index (χ2n) is 17.2. The number of aromatic nitrogens is 4. The summed E-state index contributed by atoms with van der Waals surface area (Å²) in [7, 11) is -2.12. The lowest BCUT2D eigenvalue weighted by atomic mass is 9.85. The van der Waals surface area contributed by atoms with Crippen LogP contribution in [-0.2, 0) is 29.5 Å². The van der Waals surface area contributed by atoms with Crippen molar-refractivity contribution in [3.63, 3.8) is 0 Å². The van der Waals surface area contributed by atoms with Crippen LogP contribution in [-0.4, -0.2) is 102 Å². The summed E-state index contributed by atoms with van der Waals surface area (Å²) in [5.74, 6) is 0.598. The number of hydrogen-bond acceptors (Lipinski definition) is 12. The number of ether oxygens (including phenoxy) is 2. The number of carbonyl (C=O) groups is 4. The summed E-state index contributed by atoms with van der Waals surface area (Å²) in [6.07, 6.45) is 4.63. The molecule has 0 unspecified atom stereocenters. The van der Waals surface area contributed by atoms with Crippen LogP contribution in [0.25, 0.3) is 22.5 Å². The van der Waals surface area contributed by atoms with Crippen molar-refractivity contribution in [2.24, 2.45) is 10.8 Å². The second-order valence-corrected chi connectivity index (χ2v) is 18.4. The first-order valence-corrected chi connectivity index (χ1v) is 21.4. The zero-order valence-electron chi connectivity index (χ0n) is 35.6. The number of nitrogens with one attached hydrogen (secondary N) is 4. The minimum atomic E-state index is -4.61. The summed E-state index contributed by atoms with van der Waals surface area (Å²) in [4.78, 5) is 70.8. The molecule has 0 radical (unpaired) electrons. The third kappa shape index (κ3) is 10.4. The van der Waals surface area contributed by atoms with Crippen LogP contribution in [0, 0.1) is 10.8 Å². The van der Waals surface area contributed by atoms with Gasteiger partial charge in [0.25, 0.3) is 0 Å². The number of aromatic amines is 2. The van der Waals surface area contributed by atoms with Crippen molar-refractivity contribution in [3.05, 3.63) is 72.6 Å². The van der Waals surface area contributed by atoms with Crippen LogP contribution in [0.1, 0.15) is 91.0 Å². The van der Waals surface area contributed by atoms with Gasteiger partial charge in [0.2, 0.25) is 11.8 Å². The van der Waals surface area contributed by atoms with Gasteiger partial charge in [0.1, 0.15) is 35.2 Å². The molecule has 4 heterocycles. The number of methoxy groups -OCH3 is 2. The highest BCUT2D eigenvalue weighted by Crippen LogP contribution is 2.37. The SMILES string of the molecule is COC(=O)N[C@H](C(=O)N1CCC[C@H]1c1ncc(-c2cccc(OS(=O)(=O)Oc3cccc(-c4cnc([C@@H]5CCCN5C(=O)[C@@H](NC(=O)OC)C(C)(C)C)[nH]4)c3)c2)[nH]1)C(C)(C)C. The molecule has 4 N–H and O–H groups in total. The first-order chi connectivity index (χ1) is 28.8. The van der Waals surface area contributed by atoms with E-state index in [1.54, 1.807) is 46.5 Å². The minimum Gasteiger partial charge on any atom is -0.453 e. The molecule has 2 aliphatic rings. The van der Waals surface area contributed by atoms with Gasteiger partial charge in [-0.2, -0.15) is 0 Å². The van der Waals surface area contributed by atoms with E-state index in [1.807, 2.05) is 41.5 Å². The largest absolute Gasteiger partial charge is 0.500 e. The second kappa shape index (κ2) is 17.9. The number of H-pyrrole nitrogens is 2. The van der Waals surface area contributed by atoms with Crippen molar-refractivity contribution in [2.45, 2.75) is 91.4 Å². The molecule has 2 aliphatic heterocycles. The molecule has 6 rings (SSSR count). The summed E-state index contributed by atoms with van der Waals surface area (Å²) >= 11 is 0. The fourth-order valence-corrected chi connectivity index (χ4v) is 8.31. The van der Waals surface area contributed by atoms with Gasteiger partial charge < -0.3 is 48.2 Å². The van der Waals surface area contributed by atoms with Crippen LogP contribution >= 0.6 is 0 Å². The Morgan fingerprint density at radius 3 is 1.44 bits per heavy atom. The van der Waals surface area contributed by atoms with Gasteiger partial charge in [0, 0.05) is 24.2 Å². The topological polar surface area (TPSA) is 227 Å². The Labute approximate surface area is 355 Å². The highest BCUT2D eigenvalue weighted by atomic mass is 32.3. The molecule has 61 heavy (non-hydrogen) atoms. The summed E-state index contributed by atoms with van der Waals surface area (Å²) < 4.78 is 46.7. The molecular weight excluding hydrogens is 809 g/mol. The van der Waals surface area contributed by atoms with E-state index < -0.39 is 45.5 Å².